The first-order valence-electron chi connectivity index (χ1n) is 17.1. The second-order valence-corrected chi connectivity index (χ2v) is 12.2. The third kappa shape index (κ3) is 11.9. The summed E-state index contributed by atoms with van der Waals surface area (Å²) in [4.78, 5) is 42.3. The van der Waals surface area contributed by atoms with E-state index in [9.17, 15) is 9.59 Å². The van der Waals surface area contributed by atoms with Crippen molar-refractivity contribution in [2.75, 3.05) is 86.6 Å². The molecule has 2 aliphatic heterocycles. The molecule has 2 aliphatic rings. The molecular formula is C36H54N8O5. The number of aldehydes is 1. The molecule has 3 aromatic heterocycles. The zero-order chi connectivity index (χ0) is 35.8. The summed E-state index contributed by atoms with van der Waals surface area (Å²) in [5, 5.41) is 6.28. The van der Waals surface area contributed by atoms with Gasteiger partial charge in [0.2, 0.25) is 5.88 Å². The van der Waals surface area contributed by atoms with Gasteiger partial charge in [0, 0.05) is 45.0 Å². The molecule has 5 heterocycles. The Bertz CT molecular complexity index is 1440. The number of pyridine rings is 3. The van der Waals surface area contributed by atoms with Gasteiger partial charge in [-0.15, -0.1) is 0 Å². The Morgan fingerprint density at radius 1 is 1.00 bits per heavy atom. The highest BCUT2D eigenvalue weighted by molar-refractivity contribution is 5.92. The fourth-order valence-corrected chi connectivity index (χ4v) is 5.16. The van der Waals surface area contributed by atoms with Crippen LogP contribution in [0.25, 0.3) is 0 Å². The minimum Gasteiger partial charge on any atom is -0.474 e. The number of nitrogens with one attached hydrogen (secondary N) is 2. The number of aromatic nitrogens is 3. The van der Waals surface area contributed by atoms with Crippen LogP contribution < -0.4 is 25.2 Å². The molecule has 49 heavy (non-hydrogen) atoms. The highest BCUT2D eigenvalue weighted by atomic mass is 16.6. The van der Waals surface area contributed by atoms with Crippen LogP contribution in [0.4, 0.5) is 33.5 Å². The number of ether oxygens (including phenoxy) is 3. The lowest BCUT2D eigenvalue weighted by Gasteiger charge is -2.34. The first kappa shape index (κ1) is 39.0. The van der Waals surface area contributed by atoms with E-state index in [1.165, 1.54) is 0 Å². The summed E-state index contributed by atoms with van der Waals surface area (Å²) >= 11 is 0. The standard InChI is InChI=1S/C28H37N7O3.C6H11NO2.C2H6/c1-7-34(13-12-20-8-10-24(30-16-20)33-21-9-11-23(29-6)31-17-21)22-18-32-26-25(19(22)2)35(14-15-37-26)27(36)38-28(3,4)5;8-4-1-7-2-5-9-6-3-7;1-2/h8-11,16-18H,7,12-15H2,1-6H3,(H,29,31)(H,30,33);4H,1-3,5-6H2;1-2H3. The monoisotopic (exact) mass is 678 g/mol. The molecular weight excluding hydrogens is 624 g/mol. The van der Waals surface area contributed by atoms with E-state index < -0.39 is 5.60 Å². The first-order chi connectivity index (χ1) is 23.6. The molecule has 0 unspecified atom stereocenters. The van der Waals surface area contributed by atoms with Crippen molar-refractivity contribution in [3.63, 3.8) is 0 Å². The second kappa shape index (κ2) is 19.5. The predicted octanol–water partition coefficient (Wildman–Crippen LogP) is 5.71. The van der Waals surface area contributed by atoms with Crippen LogP contribution in [0, 0.1) is 6.92 Å². The van der Waals surface area contributed by atoms with Gasteiger partial charge in [0.1, 0.15) is 35.8 Å². The topological polar surface area (TPSA) is 134 Å². The van der Waals surface area contributed by atoms with Gasteiger partial charge >= 0.3 is 6.09 Å². The molecule has 0 atom stereocenters. The minimum absolute atomic E-state index is 0.380. The number of carbonyl (C=O) groups excluding carboxylic acids is 2. The van der Waals surface area contributed by atoms with Crippen LogP contribution >= 0.6 is 0 Å². The highest BCUT2D eigenvalue weighted by Crippen LogP contribution is 2.38. The molecule has 1 saturated heterocycles. The number of morpholine rings is 1. The van der Waals surface area contributed by atoms with Gasteiger partial charge < -0.3 is 34.5 Å². The van der Waals surface area contributed by atoms with Crippen molar-refractivity contribution in [1.29, 1.82) is 0 Å². The number of nitrogens with zero attached hydrogens (tertiary/aromatic N) is 6. The van der Waals surface area contributed by atoms with Crippen LogP contribution in [-0.4, -0.2) is 104 Å². The maximum absolute atomic E-state index is 13.0. The number of likely N-dealkylation sites (N-methyl/N-ethyl adjacent to an activating group) is 1. The summed E-state index contributed by atoms with van der Waals surface area (Å²) in [5.41, 5.74) is 4.00. The van der Waals surface area contributed by atoms with Crippen LogP contribution in [-0.2, 0) is 20.7 Å². The van der Waals surface area contributed by atoms with Crippen LogP contribution in [0.5, 0.6) is 5.88 Å². The molecule has 0 saturated carbocycles. The van der Waals surface area contributed by atoms with Crippen molar-refractivity contribution in [2.45, 2.75) is 60.5 Å². The lowest BCUT2D eigenvalue weighted by molar-refractivity contribution is -0.109. The summed E-state index contributed by atoms with van der Waals surface area (Å²) in [5.74, 6) is 2.04. The van der Waals surface area contributed by atoms with E-state index >= 15 is 0 Å². The smallest absolute Gasteiger partial charge is 0.415 e. The molecule has 2 N–H and O–H groups in total. The molecule has 268 valence electrons. The third-order valence-corrected chi connectivity index (χ3v) is 7.63. The van der Waals surface area contributed by atoms with Crippen molar-refractivity contribution in [3.8, 4) is 5.88 Å². The lowest BCUT2D eigenvalue weighted by atomic mass is 10.1. The molecule has 3 aromatic rings. The summed E-state index contributed by atoms with van der Waals surface area (Å²) in [6.07, 6.45) is 6.84. The van der Waals surface area contributed by atoms with Crippen LogP contribution in [0.2, 0.25) is 0 Å². The van der Waals surface area contributed by atoms with E-state index in [1.54, 1.807) is 11.1 Å². The van der Waals surface area contributed by atoms with Gasteiger partial charge in [0.15, 0.2) is 0 Å². The van der Waals surface area contributed by atoms with Crippen molar-refractivity contribution in [3.05, 3.63) is 54.0 Å². The number of carbonyl (C=O) groups is 2. The molecule has 1 amide bonds. The van der Waals surface area contributed by atoms with Crippen LogP contribution in [0.15, 0.2) is 42.9 Å². The molecule has 5 rings (SSSR count). The summed E-state index contributed by atoms with van der Waals surface area (Å²) in [6, 6.07) is 7.91. The summed E-state index contributed by atoms with van der Waals surface area (Å²) < 4.78 is 16.5. The molecule has 0 spiro atoms. The largest absolute Gasteiger partial charge is 0.474 e. The van der Waals surface area contributed by atoms with Crippen LogP contribution in [0.3, 0.4) is 0 Å². The summed E-state index contributed by atoms with van der Waals surface area (Å²) in [7, 11) is 1.84. The van der Waals surface area contributed by atoms with Crippen LogP contribution in [0.1, 0.15) is 52.7 Å². The van der Waals surface area contributed by atoms with Gasteiger partial charge in [-0.1, -0.05) is 19.9 Å². The SMILES string of the molecule is CC.CCN(CCc1ccc(Nc2ccc(NC)nc2)nc1)c1cnc2c(c1C)N(C(=O)OC(C)(C)C)CCO2.O=CCN1CCOCC1. The Morgan fingerprint density at radius 3 is 2.31 bits per heavy atom. The number of rotatable bonds is 10. The van der Waals surface area contributed by atoms with E-state index in [-0.39, 0.29) is 6.09 Å². The third-order valence-electron chi connectivity index (χ3n) is 7.63. The maximum Gasteiger partial charge on any atom is 0.415 e. The van der Waals surface area contributed by atoms with Gasteiger partial charge in [-0.25, -0.2) is 19.7 Å². The van der Waals surface area contributed by atoms with Gasteiger partial charge in [0.25, 0.3) is 0 Å². The number of anilines is 5. The Labute approximate surface area is 291 Å². The van der Waals surface area contributed by atoms with Gasteiger partial charge in [-0.3, -0.25) is 9.80 Å². The fraction of sp³-hybridized carbons (Fsp3) is 0.528. The Kier molecular flexibility index (Phi) is 15.5. The average molecular weight is 679 g/mol. The zero-order valence-corrected chi connectivity index (χ0v) is 30.4. The number of hydrogen-bond donors (Lipinski definition) is 2. The quantitative estimate of drug-likeness (QED) is 0.254. The number of hydrogen-bond acceptors (Lipinski definition) is 12. The minimum atomic E-state index is -0.586. The van der Waals surface area contributed by atoms with E-state index in [2.05, 4.69) is 48.4 Å². The fourth-order valence-electron chi connectivity index (χ4n) is 5.16. The van der Waals surface area contributed by atoms with Crippen molar-refractivity contribution in [2.24, 2.45) is 0 Å². The molecule has 0 bridgehead atoms. The van der Waals surface area contributed by atoms with Gasteiger partial charge in [0.05, 0.1) is 50.1 Å². The van der Waals surface area contributed by atoms with Crippen molar-refractivity contribution >= 4 is 41.1 Å². The molecule has 0 aliphatic carbocycles. The Morgan fingerprint density at radius 2 is 1.71 bits per heavy atom. The molecule has 13 heteroatoms. The number of fused-ring (bicyclic) bond motifs is 1. The van der Waals surface area contributed by atoms with Crippen molar-refractivity contribution < 1.29 is 23.8 Å². The first-order valence-corrected chi connectivity index (χ1v) is 17.1. The number of amides is 1. The van der Waals surface area contributed by atoms with Gasteiger partial charge in [-0.2, -0.15) is 0 Å². The normalized spacial score (nSPS) is 14.1. The highest BCUT2D eigenvalue weighted by Gasteiger charge is 2.32. The zero-order valence-electron chi connectivity index (χ0n) is 30.4. The van der Waals surface area contributed by atoms with Gasteiger partial charge in [-0.05, 0) is 64.8 Å². The predicted molar refractivity (Wildman–Crippen MR) is 196 cm³/mol. The lowest BCUT2D eigenvalue weighted by Crippen LogP contribution is -2.42. The van der Waals surface area contributed by atoms with E-state index in [4.69, 9.17) is 14.2 Å². The molecule has 0 radical (unpaired) electrons. The van der Waals surface area contributed by atoms with E-state index in [1.807, 2.05) is 79.2 Å². The van der Waals surface area contributed by atoms with E-state index in [0.29, 0.717) is 31.3 Å². The second-order valence-electron chi connectivity index (χ2n) is 12.2. The maximum atomic E-state index is 13.0. The van der Waals surface area contributed by atoms with E-state index in [0.717, 1.165) is 86.2 Å². The average Bonchev–Trinajstić information content (AvgIpc) is 3.11. The van der Waals surface area contributed by atoms with Crippen molar-refractivity contribution in [1.82, 2.24) is 19.9 Å². The summed E-state index contributed by atoms with van der Waals surface area (Å²) in [6.45, 7) is 20.0. The molecule has 1 fully saturated rings. The Hall–Kier alpha value is -4.49. The Balaban J connectivity index is 0.000000507. The molecule has 13 nitrogen and oxygen atoms in total. The molecule has 0 aromatic carbocycles.